The molecule has 2 aromatic rings. The van der Waals surface area contributed by atoms with Crippen molar-refractivity contribution >= 4 is 56.4 Å². The first-order valence-corrected chi connectivity index (χ1v) is 7.92. The van der Waals surface area contributed by atoms with Crippen LogP contribution in [-0.2, 0) is 4.74 Å². The van der Waals surface area contributed by atoms with Crippen LogP contribution in [0.15, 0.2) is 28.1 Å². The van der Waals surface area contributed by atoms with Gasteiger partial charge in [-0.1, -0.05) is 11.6 Å². The van der Waals surface area contributed by atoms with Gasteiger partial charge in [0.1, 0.15) is 4.88 Å². The highest BCUT2D eigenvalue weighted by molar-refractivity contribution is 9.10. The van der Waals surface area contributed by atoms with Crippen LogP contribution in [-0.4, -0.2) is 19.0 Å². The third-order valence-electron chi connectivity index (χ3n) is 2.76. The Bertz CT molecular complexity index is 714. The molecular formula is C14H11BrClNO3S. The summed E-state index contributed by atoms with van der Waals surface area (Å²) in [5.74, 6) is -0.829. The molecule has 0 radical (unpaired) electrons. The Balaban J connectivity index is 2.34. The van der Waals surface area contributed by atoms with Gasteiger partial charge < -0.3 is 10.1 Å². The molecule has 7 heteroatoms. The molecule has 1 N–H and O–H groups in total. The normalized spacial score (nSPS) is 10.3. The number of ether oxygens (including phenoxy) is 1. The molecule has 1 aromatic heterocycles. The summed E-state index contributed by atoms with van der Waals surface area (Å²) >= 11 is 10.4. The van der Waals surface area contributed by atoms with Crippen molar-refractivity contribution < 1.29 is 14.3 Å². The van der Waals surface area contributed by atoms with Gasteiger partial charge in [-0.25, -0.2) is 4.79 Å². The van der Waals surface area contributed by atoms with E-state index in [0.29, 0.717) is 25.6 Å². The Hall–Kier alpha value is -1.37. The van der Waals surface area contributed by atoms with Gasteiger partial charge in [0.2, 0.25) is 0 Å². The first-order valence-electron chi connectivity index (χ1n) is 5.87. The molecule has 110 valence electrons. The van der Waals surface area contributed by atoms with Crippen LogP contribution in [0.4, 0.5) is 5.69 Å². The molecule has 0 saturated carbocycles. The zero-order valence-corrected chi connectivity index (χ0v) is 14.4. The topological polar surface area (TPSA) is 55.4 Å². The van der Waals surface area contributed by atoms with Gasteiger partial charge in [0.05, 0.1) is 18.4 Å². The predicted molar refractivity (Wildman–Crippen MR) is 87.5 cm³/mol. The summed E-state index contributed by atoms with van der Waals surface area (Å²) in [5, 5.41) is 4.98. The number of hydrogen-bond acceptors (Lipinski definition) is 4. The second-order valence-electron chi connectivity index (χ2n) is 4.19. The maximum atomic E-state index is 12.4. The lowest BCUT2D eigenvalue weighted by molar-refractivity contribution is 0.0607. The number of thiophene rings is 1. The Morgan fingerprint density at radius 1 is 1.38 bits per heavy atom. The van der Waals surface area contributed by atoms with Crippen LogP contribution in [0, 0.1) is 6.92 Å². The quantitative estimate of drug-likeness (QED) is 0.787. The first kappa shape index (κ1) is 16.0. The third kappa shape index (κ3) is 3.45. The minimum Gasteiger partial charge on any atom is -0.465 e. The van der Waals surface area contributed by atoms with E-state index >= 15 is 0 Å². The molecule has 0 spiro atoms. The molecule has 0 unspecified atom stereocenters. The van der Waals surface area contributed by atoms with Gasteiger partial charge in [-0.05, 0) is 52.0 Å². The van der Waals surface area contributed by atoms with Gasteiger partial charge in [-0.15, -0.1) is 11.3 Å². The van der Waals surface area contributed by atoms with Crippen molar-refractivity contribution in [2.75, 3.05) is 12.4 Å². The zero-order chi connectivity index (χ0) is 15.6. The number of carbonyl (C=O) groups excluding carboxylic acids is 2. The summed E-state index contributed by atoms with van der Waals surface area (Å²) < 4.78 is 5.33. The lowest BCUT2D eigenvalue weighted by atomic mass is 10.2. The average Bonchev–Trinajstić information content (AvgIpc) is 2.82. The van der Waals surface area contributed by atoms with Crippen molar-refractivity contribution in [1.82, 2.24) is 0 Å². The monoisotopic (exact) mass is 387 g/mol. The van der Waals surface area contributed by atoms with Crippen LogP contribution in [0.3, 0.4) is 0 Å². The summed E-state index contributed by atoms with van der Waals surface area (Å²) in [6, 6.07) is 4.93. The van der Waals surface area contributed by atoms with Crippen LogP contribution in [0.5, 0.6) is 0 Å². The van der Waals surface area contributed by atoms with E-state index < -0.39 is 5.97 Å². The smallest absolute Gasteiger partial charge is 0.350 e. The van der Waals surface area contributed by atoms with Crippen molar-refractivity contribution in [2.45, 2.75) is 6.92 Å². The number of amides is 1. The van der Waals surface area contributed by atoms with Gasteiger partial charge in [0.25, 0.3) is 5.91 Å². The molecule has 0 fully saturated rings. The summed E-state index contributed by atoms with van der Waals surface area (Å²) in [5.41, 5.74) is 1.65. The standard InChI is InChI=1S/C14H11BrClNO3S/c1-7-6-21-12(14(19)20-2)11(7)17-13(18)9-5-8(16)3-4-10(9)15/h3-6H,1-2H3,(H,17,18). The minimum absolute atomic E-state index is 0.351. The number of nitrogens with one attached hydrogen (secondary N) is 1. The second kappa shape index (κ2) is 6.60. The Kier molecular flexibility index (Phi) is 5.03. The molecule has 0 aliphatic rings. The fraction of sp³-hybridized carbons (Fsp3) is 0.143. The molecule has 0 aliphatic heterocycles. The lowest BCUT2D eigenvalue weighted by Gasteiger charge is -2.09. The Labute approximate surface area is 139 Å². The summed E-state index contributed by atoms with van der Waals surface area (Å²) in [6.07, 6.45) is 0. The number of carbonyl (C=O) groups is 2. The molecule has 4 nitrogen and oxygen atoms in total. The highest BCUT2D eigenvalue weighted by Crippen LogP contribution is 2.30. The van der Waals surface area contributed by atoms with E-state index in [0.717, 1.165) is 5.56 Å². The maximum absolute atomic E-state index is 12.4. The number of anilines is 1. The molecule has 1 aromatic carbocycles. The van der Waals surface area contributed by atoms with Crippen molar-refractivity contribution in [3.63, 3.8) is 0 Å². The van der Waals surface area contributed by atoms with Crippen molar-refractivity contribution in [2.24, 2.45) is 0 Å². The molecule has 21 heavy (non-hydrogen) atoms. The van der Waals surface area contributed by atoms with Crippen LogP contribution < -0.4 is 5.32 Å². The van der Waals surface area contributed by atoms with Gasteiger partial charge in [0, 0.05) is 9.50 Å². The highest BCUT2D eigenvalue weighted by Gasteiger charge is 2.20. The fourth-order valence-electron chi connectivity index (χ4n) is 1.69. The van der Waals surface area contributed by atoms with E-state index in [9.17, 15) is 9.59 Å². The predicted octanol–water partition coefficient (Wildman–Crippen LogP) is 4.51. The van der Waals surface area contributed by atoms with Crippen LogP contribution in [0.1, 0.15) is 25.6 Å². The van der Waals surface area contributed by atoms with Gasteiger partial charge >= 0.3 is 5.97 Å². The fourth-order valence-corrected chi connectivity index (χ4v) is 3.22. The molecule has 0 aliphatic carbocycles. The highest BCUT2D eigenvalue weighted by atomic mass is 79.9. The van der Waals surface area contributed by atoms with E-state index in [1.807, 2.05) is 6.92 Å². The summed E-state index contributed by atoms with van der Waals surface area (Å²) in [7, 11) is 1.30. The van der Waals surface area contributed by atoms with E-state index in [1.165, 1.54) is 18.4 Å². The first-order chi connectivity index (χ1) is 9.93. The number of methoxy groups -OCH3 is 1. The molecule has 0 bridgehead atoms. The van der Waals surface area contributed by atoms with Gasteiger partial charge in [0.15, 0.2) is 0 Å². The SMILES string of the molecule is COC(=O)c1scc(C)c1NC(=O)c1cc(Cl)ccc1Br. The van der Waals surface area contributed by atoms with Crippen LogP contribution in [0.2, 0.25) is 5.02 Å². The number of benzene rings is 1. The molecule has 1 heterocycles. The number of esters is 1. The molecule has 0 atom stereocenters. The number of halogens is 2. The van der Waals surface area contributed by atoms with Crippen molar-refractivity contribution in [1.29, 1.82) is 0 Å². The van der Waals surface area contributed by atoms with Gasteiger partial charge in [-0.3, -0.25) is 4.79 Å². The number of hydrogen-bond donors (Lipinski definition) is 1. The minimum atomic E-state index is -0.478. The molecule has 0 saturated heterocycles. The maximum Gasteiger partial charge on any atom is 0.350 e. The van der Waals surface area contributed by atoms with Crippen molar-refractivity contribution in [3.8, 4) is 0 Å². The van der Waals surface area contributed by atoms with Crippen LogP contribution in [0.25, 0.3) is 0 Å². The number of rotatable bonds is 3. The zero-order valence-electron chi connectivity index (χ0n) is 11.2. The Morgan fingerprint density at radius 2 is 2.10 bits per heavy atom. The second-order valence-corrected chi connectivity index (χ2v) is 6.36. The van der Waals surface area contributed by atoms with Gasteiger partial charge in [-0.2, -0.15) is 0 Å². The molecule has 2 rings (SSSR count). The van der Waals surface area contributed by atoms with Crippen molar-refractivity contribution in [3.05, 3.63) is 49.1 Å². The molecular weight excluding hydrogens is 378 g/mol. The lowest BCUT2D eigenvalue weighted by Crippen LogP contribution is -2.15. The summed E-state index contributed by atoms with van der Waals surface area (Å²) in [4.78, 5) is 24.4. The summed E-state index contributed by atoms with van der Waals surface area (Å²) in [6.45, 7) is 1.81. The van der Waals surface area contributed by atoms with E-state index in [4.69, 9.17) is 16.3 Å². The van der Waals surface area contributed by atoms with E-state index in [2.05, 4.69) is 21.2 Å². The average molecular weight is 389 g/mol. The van der Waals surface area contributed by atoms with E-state index in [-0.39, 0.29) is 5.91 Å². The Morgan fingerprint density at radius 3 is 2.76 bits per heavy atom. The number of aryl methyl sites for hydroxylation is 1. The largest absolute Gasteiger partial charge is 0.465 e. The molecule has 1 amide bonds. The van der Waals surface area contributed by atoms with Crippen LogP contribution >= 0.6 is 38.9 Å². The van der Waals surface area contributed by atoms with E-state index in [1.54, 1.807) is 23.6 Å². The third-order valence-corrected chi connectivity index (χ3v) is 4.76.